The Bertz CT molecular complexity index is 761. The lowest BCUT2D eigenvalue weighted by Crippen LogP contribution is -2.35. The van der Waals surface area contributed by atoms with Crippen LogP contribution in [0.3, 0.4) is 0 Å². The number of hydrogen-bond acceptors (Lipinski definition) is 3. The summed E-state index contributed by atoms with van der Waals surface area (Å²) in [6.45, 7) is 4.05. The molecule has 2 rings (SSSR count). The monoisotopic (exact) mass is 289 g/mol. The van der Waals surface area contributed by atoms with E-state index in [-0.39, 0.29) is 36.0 Å². The van der Waals surface area contributed by atoms with E-state index in [0.717, 1.165) is 6.42 Å². The Balaban J connectivity index is 2.20. The number of aryl methyl sites for hydroxylation is 1. The second-order valence-corrected chi connectivity index (χ2v) is 5.07. The lowest BCUT2D eigenvalue weighted by molar-refractivity contribution is -0.122. The molecule has 0 saturated carbocycles. The molecule has 1 aromatic carbocycles. The summed E-state index contributed by atoms with van der Waals surface area (Å²) in [7, 11) is 0. The summed E-state index contributed by atoms with van der Waals surface area (Å²) in [6, 6.07) is 6.74. The van der Waals surface area contributed by atoms with Crippen LogP contribution in [0.15, 0.2) is 33.9 Å². The van der Waals surface area contributed by atoms with Gasteiger partial charge >= 0.3 is 0 Å². The van der Waals surface area contributed by atoms with Crippen LogP contribution in [0.25, 0.3) is 10.8 Å². The number of fused-ring (bicyclic) bond motifs is 1. The summed E-state index contributed by atoms with van der Waals surface area (Å²) in [5.74, 6) is -0.134. The number of benzene rings is 1. The molecule has 6 heteroatoms. The SMILES string of the molecule is CCC(C)NC(=O)CCn1[nH]c(=O)c2ccccc2c1=O. The van der Waals surface area contributed by atoms with E-state index in [1.807, 2.05) is 13.8 Å². The molecule has 1 aromatic heterocycles. The fourth-order valence-corrected chi connectivity index (χ4v) is 2.07. The van der Waals surface area contributed by atoms with Gasteiger partial charge in [-0.1, -0.05) is 19.1 Å². The van der Waals surface area contributed by atoms with Crippen molar-refractivity contribution in [1.29, 1.82) is 0 Å². The largest absolute Gasteiger partial charge is 0.354 e. The van der Waals surface area contributed by atoms with Gasteiger partial charge in [0.1, 0.15) is 0 Å². The second-order valence-electron chi connectivity index (χ2n) is 5.07. The molecule has 2 N–H and O–H groups in total. The molecule has 1 unspecified atom stereocenters. The van der Waals surface area contributed by atoms with Gasteiger partial charge in [0.05, 0.1) is 17.3 Å². The minimum atomic E-state index is -0.326. The van der Waals surface area contributed by atoms with E-state index in [1.165, 1.54) is 4.68 Å². The third-order valence-corrected chi connectivity index (χ3v) is 3.47. The average molecular weight is 289 g/mol. The number of H-pyrrole nitrogens is 1. The van der Waals surface area contributed by atoms with Crippen LogP contribution >= 0.6 is 0 Å². The van der Waals surface area contributed by atoms with Crippen LogP contribution in [0.4, 0.5) is 0 Å². The van der Waals surface area contributed by atoms with E-state index in [1.54, 1.807) is 24.3 Å². The highest BCUT2D eigenvalue weighted by atomic mass is 16.2. The maximum Gasteiger partial charge on any atom is 0.273 e. The highest BCUT2D eigenvalue weighted by molar-refractivity contribution is 5.80. The van der Waals surface area contributed by atoms with Gasteiger partial charge in [-0.05, 0) is 25.5 Å². The Labute approximate surface area is 121 Å². The van der Waals surface area contributed by atoms with Crippen molar-refractivity contribution in [3.63, 3.8) is 0 Å². The van der Waals surface area contributed by atoms with Crippen molar-refractivity contribution in [3.05, 3.63) is 45.0 Å². The van der Waals surface area contributed by atoms with Gasteiger partial charge < -0.3 is 5.32 Å². The van der Waals surface area contributed by atoms with Crippen LogP contribution < -0.4 is 16.4 Å². The van der Waals surface area contributed by atoms with E-state index < -0.39 is 0 Å². The number of carbonyl (C=O) groups excluding carboxylic acids is 1. The molecule has 1 amide bonds. The van der Waals surface area contributed by atoms with Crippen molar-refractivity contribution in [2.24, 2.45) is 0 Å². The smallest absolute Gasteiger partial charge is 0.273 e. The van der Waals surface area contributed by atoms with Crippen molar-refractivity contribution in [1.82, 2.24) is 15.1 Å². The Hall–Kier alpha value is -2.37. The Morgan fingerprint density at radius 1 is 1.29 bits per heavy atom. The van der Waals surface area contributed by atoms with Gasteiger partial charge in [0.15, 0.2) is 0 Å². The normalized spacial score (nSPS) is 12.3. The molecule has 0 fully saturated rings. The number of nitrogens with zero attached hydrogens (tertiary/aromatic N) is 1. The number of aromatic amines is 1. The summed E-state index contributed by atoms with van der Waals surface area (Å²) < 4.78 is 1.20. The minimum Gasteiger partial charge on any atom is -0.354 e. The number of rotatable bonds is 5. The van der Waals surface area contributed by atoms with Gasteiger partial charge in [0, 0.05) is 12.5 Å². The molecule has 0 aliphatic rings. The molecular formula is C15H19N3O3. The van der Waals surface area contributed by atoms with E-state index in [4.69, 9.17) is 0 Å². The zero-order valence-corrected chi connectivity index (χ0v) is 12.2. The Kier molecular flexibility index (Phi) is 4.57. The standard InChI is InChI=1S/C15H19N3O3/c1-3-10(2)16-13(19)8-9-18-15(21)12-7-5-4-6-11(12)14(20)17-18/h4-7,10H,3,8-9H2,1-2H3,(H,16,19)(H,17,20). The van der Waals surface area contributed by atoms with Gasteiger partial charge in [-0.3, -0.25) is 19.5 Å². The molecule has 2 aromatic rings. The molecule has 112 valence electrons. The molecule has 21 heavy (non-hydrogen) atoms. The van der Waals surface area contributed by atoms with Gasteiger partial charge in [-0.15, -0.1) is 0 Å². The number of amides is 1. The van der Waals surface area contributed by atoms with E-state index in [2.05, 4.69) is 10.4 Å². The Morgan fingerprint density at radius 2 is 1.95 bits per heavy atom. The topological polar surface area (TPSA) is 84.0 Å². The average Bonchev–Trinajstić information content (AvgIpc) is 2.49. The second kappa shape index (κ2) is 6.39. The van der Waals surface area contributed by atoms with Crippen LogP contribution in [-0.4, -0.2) is 21.7 Å². The van der Waals surface area contributed by atoms with Crippen molar-refractivity contribution in [3.8, 4) is 0 Å². The van der Waals surface area contributed by atoms with Crippen LogP contribution in [0.2, 0.25) is 0 Å². The zero-order chi connectivity index (χ0) is 15.4. The Morgan fingerprint density at radius 3 is 2.62 bits per heavy atom. The van der Waals surface area contributed by atoms with Gasteiger partial charge in [0.2, 0.25) is 5.91 Å². The van der Waals surface area contributed by atoms with Crippen LogP contribution in [-0.2, 0) is 11.3 Å². The molecule has 0 spiro atoms. The molecule has 1 heterocycles. The molecule has 0 saturated heterocycles. The van der Waals surface area contributed by atoms with Crippen LogP contribution in [0, 0.1) is 0 Å². The summed E-state index contributed by atoms with van der Waals surface area (Å²) in [4.78, 5) is 35.9. The number of nitrogens with one attached hydrogen (secondary N) is 2. The minimum absolute atomic E-state index is 0.102. The lowest BCUT2D eigenvalue weighted by atomic mass is 10.2. The molecule has 0 aliphatic heterocycles. The first kappa shape index (κ1) is 15.0. The first-order valence-electron chi connectivity index (χ1n) is 7.04. The van der Waals surface area contributed by atoms with Gasteiger partial charge in [-0.25, -0.2) is 4.68 Å². The molecule has 0 bridgehead atoms. The number of aromatic nitrogens is 2. The first-order chi connectivity index (χ1) is 10.0. The molecule has 1 atom stereocenters. The summed E-state index contributed by atoms with van der Waals surface area (Å²) in [5, 5.41) is 6.06. The zero-order valence-electron chi connectivity index (χ0n) is 12.2. The highest BCUT2D eigenvalue weighted by Crippen LogP contribution is 2.02. The van der Waals surface area contributed by atoms with Crippen LogP contribution in [0.1, 0.15) is 26.7 Å². The van der Waals surface area contributed by atoms with Gasteiger partial charge in [-0.2, -0.15) is 0 Å². The van der Waals surface area contributed by atoms with E-state index >= 15 is 0 Å². The maximum absolute atomic E-state index is 12.2. The fourth-order valence-electron chi connectivity index (χ4n) is 2.07. The lowest BCUT2D eigenvalue weighted by Gasteiger charge is -2.12. The van der Waals surface area contributed by atoms with Gasteiger partial charge in [0.25, 0.3) is 11.1 Å². The van der Waals surface area contributed by atoms with Crippen molar-refractivity contribution < 1.29 is 4.79 Å². The summed E-state index contributed by atoms with van der Waals surface area (Å²) in [5.41, 5.74) is -0.617. The first-order valence-corrected chi connectivity index (χ1v) is 7.04. The molecule has 6 nitrogen and oxygen atoms in total. The van der Waals surface area contributed by atoms with Crippen molar-refractivity contribution >= 4 is 16.7 Å². The molecule has 0 radical (unpaired) electrons. The van der Waals surface area contributed by atoms with E-state index in [0.29, 0.717) is 10.8 Å². The highest BCUT2D eigenvalue weighted by Gasteiger charge is 2.09. The molecular weight excluding hydrogens is 270 g/mol. The predicted molar refractivity (Wildman–Crippen MR) is 81.3 cm³/mol. The predicted octanol–water partition coefficient (Wildman–Crippen LogP) is 0.995. The van der Waals surface area contributed by atoms with Crippen LogP contribution in [0.5, 0.6) is 0 Å². The maximum atomic E-state index is 12.2. The third-order valence-electron chi connectivity index (χ3n) is 3.47. The number of hydrogen-bond donors (Lipinski definition) is 2. The third kappa shape index (κ3) is 3.39. The summed E-state index contributed by atoms with van der Waals surface area (Å²) >= 11 is 0. The fraction of sp³-hybridized carbons (Fsp3) is 0.400. The van der Waals surface area contributed by atoms with E-state index in [9.17, 15) is 14.4 Å². The molecule has 0 aliphatic carbocycles. The summed E-state index contributed by atoms with van der Waals surface area (Å²) in [6.07, 6.45) is 0.997. The van der Waals surface area contributed by atoms with Crippen molar-refractivity contribution in [2.75, 3.05) is 0 Å². The van der Waals surface area contributed by atoms with Crippen molar-refractivity contribution in [2.45, 2.75) is 39.3 Å². The number of carbonyl (C=O) groups is 1. The quantitative estimate of drug-likeness (QED) is 0.861.